The van der Waals surface area contributed by atoms with E-state index in [1.165, 1.54) is 12.3 Å². The third-order valence-corrected chi connectivity index (χ3v) is 5.96. The molecule has 1 amide bonds. The van der Waals surface area contributed by atoms with Gasteiger partial charge in [0, 0.05) is 29.5 Å². The highest BCUT2D eigenvalue weighted by molar-refractivity contribution is 6.31. The molecule has 1 aromatic heterocycles. The summed E-state index contributed by atoms with van der Waals surface area (Å²) >= 11 is 6.22. The largest absolute Gasteiger partial charge is 0.368 e. The van der Waals surface area contributed by atoms with E-state index in [1.54, 1.807) is 30.0 Å². The summed E-state index contributed by atoms with van der Waals surface area (Å²) in [4.78, 5) is 27.2. The van der Waals surface area contributed by atoms with Crippen molar-refractivity contribution in [3.8, 4) is 12.1 Å². The van der Waals surface area contributed by atoms with Gasteiger partial charge in [0.25, 0.3) is 0 Å². The number of nitrogens with zero attached hydrogens (tertiary/aromatic N) is 6. The quantitative estimate of drug-likeness (QED) is 0.443. The van der Waals surface area contributed by atoms with Crippen LogP contribution in [0.1, 0.15) is 34.9 Å². The topological polar surface area (TPSA) is 132 Å². The first-order valence-corrected chi connectivity index (χ1v) is 11.1. The summed E-state index contributed by atoms with van der Waals surface area (Å²) in [5, 5.41) is 19.4. The first kappa shape index (κ1) is 23.6. The fourth-order valence-corrected chi connectivity index (χ4v) is 4.14. The monoisotopic (exact) mass is 481 g/mol. The molecule has 3 aromatic rings. The molecule has 1 aliphatic heterocycles. The predicted molar refractivity (Wildman–Crippen MR) is 135 cm³/mol. The lowest BCUT2D eigenvalue weighted by molar-refractivity contribution is -0.117. The number of benzene rings is 2. The Morgan fingerprint density at radius 2 is 2.00 bits per heavy atom. The molecular weight excluding hydrogens is 462 g/mol. The van der Waals surface area contributed by atoms with Gasteiger partial charge >= 0.3 is 0 Å². The second-order valence-corrected chi connectivity index (χ2v) is 8.29. The van der Waals surface area contributed by atoms with Crippen LogP contribution < -0.4 is 10.6 Å². The van der Waals surface area contributed by atoms with E-state index in [0.717, 1.165) is 11.1 Å². The van der Waals surface area contributed by atoms with Crippen LogP contribution in [-0.2, 0) is 17.6 Å². The van der Waals surface area contributed by atoms with Crippen LogP contribution in [0.3, 0.4) is 0 Å². The average molecular weight is 482 g/mol. The van der Waals surface area contributed by atoms with Gasteiger partial charge in [-0.05, 0) is 54.3 Å². The molecule has 2 aromatic carbocycles. The second-order valence-electron chi connectivity index (χ2n) is 7.89. The molecule has 0 radical (unpaired) electrons. The van der Waals surface area contributed by atoms with Gasteiger partial charge in [-0.1, -0.05) is 29.8 Å². The van der Waals surface area contributed by atoms with Gasteiger partial charge in [-0.25, -0.2) is 15.0 Å². The molecule has 0 aliphatic carbocycles. The van der Waals surface area contributed by atoms with Crippen LogP contribution in [0.15, 0.2) is 64.7 Å². The number of nitriles is 2. The summed E-state index contributed by atoms with van der Waals surface area (Å²) in [6, 6.07) is 18.2. The summed E-state index contributed by atoms with van der Waals surface area (Å²) in [7, 11) is 0. The number of guanidine groups is 1. The molecule has 0 unspecified atom stereocenters. The molecule has 0 saturated heterocycles. The van der Waals surface area contributed by atoms with Crippen molar-refractivity contribution in [2.45, 2.75) is 19.8 Å². The average Bonchev–Trinajstić information content (AvgIpc) is 3.29. The molecule has 1 aliphatic rings. The lowest BCUT2D eigenvalue weighted by Crippen LogP contribution is -2.31. The second kappa shape index (κ2) is 10.2. The van der Waals surface area contributed by atoms with E-state index in [9.17, 15) is 10.1 Å². The number of amides is 1. The summed E-state index contributed by atoms with van der Waals surface area (Å²) < 4.78 is 0. The van der Waals surface area contributed by atoms with Crippen molar-refractivity contribution in [3.05, 3.63) is 87.7 Å². The van der Waals surface area contributed by atoms with Gasteiger partial charge in [-0.15, -0.1) is 0 Å². The fourth-order valence-electron chi connectivity index (χ4n) is 3.94. The molecule has 2 heterocycles. The number of nitrogens with two attached hydrogens (primary N) is 1. The van der Waals surface area contributed by atoms with Crippen molar-refractivity contribution >= 4 is 40.6 Å². The number of halogens is 1. The smallest absolute Gasteiger partial charge is 0.231 e. The predicted octanol–water partition coefficient (Wildman–Crippen LogP) is 4.07. The highest BCUT2D eigenvalue weighted by atomic mass is 35.5. The van der Waals surface area contributed by atoms with Crippen molar-refractivity contribution in [2.24, 2.45) is 15.7 Å². The van der Waals surface area contributed by atoms with Crippen LogP contribution >= 0.6 is 11.6 Å². The maximum atomic E-state index is 13.1. The minimum absolute atomic E-state index is 0.00754. The van der Waals surface area contributed by atoms with Crippen molar-refractivity contribution in [2.75, 3.05) is 11.4 Å². The van der Waals surface area contributed by atoms with E-state index in [4.69, 9.17) is 22.6 Å². The zero-order valence-electron chi connectivity index (χ0n) is 18.9. The number of anilines is 1. The van der Waals surface area contributed by atoms with Crippen LogP contribution in [0.25, 0.3) is 0 Å². The Bertz CT molecular complexity index is 1460. The number of rotatable bonds is 4. The van der Waals surface area contributed by atoms with E-state index in [1.807, 2.05) is 30.3 Å². The molecule has 9 heteroatoms. The molecule has 172 valence electrons. The Balaban J connectivity index is 1.61. The van der Waals surface area contributed by atoms with Gasteiger partial charge in [-0.3, -0.25) is 4.79 Å². The van der Waals surface area contributed by atoms with Crippen LogP contribution in [0, 0.1) is 22.7 Å². The van der Waals surface area contributed by atoms with E-state index >= 15 is 0 Å². The van der Waals surface area contributed by atoms with Crippen LogP contribution in [-0.4, -0.2) is 29.1 Å². The summed E-state index contributed by atoms with van der Waals surface area (Å²) in [5.74, 6) is -0.106. The van der Waals surface area contributed by atoms with E-state index < -0.39 is 0 Å². The maximum Gasteiger partial charge on any atom is 0.231 e. The summed E-state index contributed by atoms with van der Waals surface area (Å²) in [5.41, 5.74) is 10.6. The minimum atomic E-state index is -0.114. The molecule has 0 spiro atoms. The lowest BCUT2D eigenvalue weighted by atomic mass is 10.0. The Morgan fingerprint density at radius 3 is 2.74 bits per heavy atom. The number of carbonyl (C=O) groups is 1. The Kier molecular flexibility index (Phi) is 6.86. The zero-order valence-corrected chi connectivity index (χ0v) is 19.6. The molecule has 0 fully saturated rings. The molecule has 0 saturated carbocycles. The molecule has 35 heavy (non-hydrogen) atoms. The molecule has 0 bridgehead atoms. The van der Waals surface area contributed by atoms with Crippen LogP contribution in [0.2, 0.25) is 5.02 Å². The van der Waals surface area contributed by atoms with Crippen molar-refractivity contribution in [1.82, 2.24) is 4.98 Å². The van der Waals surface area contributed by atoms with Crippen LogP contribution in [0.5, 0.6) is 0 Å². The molecular formula is C26H20ClN7O. The normalized spacial score (nSPS) is 13.2. The SMILES string of the molecule is CC(=NC(N)=Nc1ccnc(C#N)c1)c1cc(C#N)c2c(c1)CCN2C(=O)Cc1ccccc1Cl. The number of pyridine rings is 1. The maximum absolute atomic E-state index is 13.1. The summed E-state index contributed by atoms with van der Waals surface area (Å²) in [6.45, 7) is 2.26. The molecule has 4 rings (SSSR count). The zero-order chi connectivity index (χ0) is 24.9. The highest BCUT2D eigenvalue weighted by Crippen LogP contribution is 2.34. The highest BCUT2D eigenvalue weighted by Gasteiger charge is 2.28. The molecule has 8 nitrogen and oxygen atoms in total. The van der Waals surface area contributed by atoms with Gasteiger partial charge in [-0.2, -0.15) is 10.5 Å². The lowest BCUT2D eigenvalue weighted by Gasteiger charge is -2.19. The van der Waals surface area contributed by atoms with E-state index in [-0.39, 0.29) is 24.0 Å². The number of aromatic nitrogens is 1. The minimum Gasteiger partial charge on any atom is -0.368 e. The van der Waals surface area contributed by atoms with Crippen molar-refractivity contribution in [3.63, 3.8) is 0 Å². The number of carbonyl (C=O) groups excluding carboxylic acids is 1. The number of hydrogen-bond donors (Lipinski definition) is 1. The van der Waals surface area contributed by atoms with Crippen LogP contribution in [0.4, 0.5) is 11.4 Å². The van der Waals surface area contributed by atoms with Crippen molar-refractivity contribution in [1.29, 1.82) is 10.5 Å². The Morgan fingerprint density at radius 1 is 1.20 bits per heavy atom. The Hall–Kier alpha value is -4.53. The number of hydrogen-bond acceptors (Lipinski definition) is 5. The van der Waals surface area contributed by atoms with E-state index in [2.05, 4.69) is 21.0 Å². The standard InChI is InChI=1S/C26H20ClN7O/c1-16(32-26(30)33-21-6-8-31-22(13-21)15-29)19-10-18-7-9-34(25(18)20(11-19)14-28)24(35)12-17-4-2-3-5-23(17)27/h2-6,8,10-11,13H,7,9,12H2,1H3,(H2,30,31,33). The van der Waals surface area contributed by atoms with Gasteiger partial charge in [0.1, 0.15) is 17.8 Å². The first-order chi connectivity index (χ1) is 16.9. The van der Waals surface area contributed by atoms with Gasteiger partial charge in [0.2, 0.25) is 11.9 Å². The first-order valence-electron chi connectivity index (χ1n) is 10.8. The van der Waals surface area contributed by atoms with E-state index in [0.29, 0.717) is 46.2 Å². The third-order valence-electron chi connectivity index (χ3n) is 5.59. The van der Waals surface area contributed by atoms with Gasteiger partial charge in [0.05, 0.1) is 23.4 Å². The van der Waals surface area contributed by atoms with Gasteiger partial charge in [0.15, 0.2) is 0 Å². The van der Waals surface area contributed by atoms with Gasteiger partial charge < -0.3 is 10.6 Å². The summed E-state index contributed by atoms with van der Waals surface area (Å²) in [6.07, 6.45) is 2.25. The fraction of sp³-hybridized carbons (Fsp3) is 0.154. The third kappa shape index (κ3) is 5.19. The number of aliphatic imine (C=N–C) groups is 2. The number of fused-ring (bicyclic) bond motifs is 1. The molecule has 0 atom stereocenters. The molecule has 2 N–H and O–H groups in total. The Labute approximate surface area is 207 Å². The van der Waals surface area contributed by atoms with Crippen molar-refractivity contribution < 1.29 is 4.79 Å².